The first-order valence-corrected chi connectivity index (χ1v) is 7.79. The number of nitrogens with zero attached hydrogens (tertiary/aromatic N) is 5. The van der Waals surface area contributed by atoms with Gasteiger partial charge in [0.15, 0.2) is 0 Å². The van der Waals surface area contributed by atoms with Crippen molar-refractivity contribution >= 4 is 18.0 Å². The highest BCUT2D eigenvalue weighted by Gasteiger charge is 2.18. The molecule has 1 aromatic heterocycles. The van der Waals surface area contributed by atoms with Gasteiger partial charge in [0.2, 0.25) is 6.41 Å². The second-order valence-corrected chi connectivity index (χ2v) is 5.35. The van der Waals surface area contributed by atoms with Crippen LogP contribution in [0.25, 0.3) is 0 Å². The molecule has 1 aliphatic rings. The number of carbonyl (C=O) groups is 1. The number of hydrogen-bond acceptors (Lipinski definition) is 5. The molecular weight excluding hydrogens is 266 g/mol. The van der Waals surface area contributed by atoms with Crippen molar-refractivity contribution in [1.82, 2.24) is 14.9 Å². The third kappa shape index (κ3) is 4.06. The fraction of sp³-hybridized carbons (Fsp3) is 0.667. The van der Waals surface area contributed by atoms with E-state index in [0.29, 0.717) is 0 Å². The maximum absolute atomic E-state index is 10.8. The van der Waals surface area contributed by atoms with Crippen LogP contribution >= 0.6 is 0 Å². The first kappa shape index (κ1) is 15.5. The minimum atomic E-state index is 0.760. The summed E-state index contributed by atoms with van der Waals surface area (Å²) in [5.74, 6) is 1.96. The molecular formula is C15H25N5O. The molecule has 2 heterocycles. The predicted molar refractivity (Wildman–Crippen MR) is 84.7 cm³/mol. The van der Waals surface area contributed by atoms with Gasteiger partial charge in [0.1, 0.15) is 18.0 Å². The molecule has 0 aromatic carbocycles. The lowest BCUT2D eigenvalue weighted by Gasteiger charge is -2.33. The van der Waals surface area contributed by atoms with Crippen LogP contribution in [-0.2, 0) is 4.79 Å². The van der Waals surface area contributed by atoms with E-state index in [4.69, 9.17) is 0 Å². The van der Waals surface area contributed by atoms with Crippen LogP contribution in [0, 0.1) is 0 Å². The maximum Gasteiger partial charge on any atom is 0.209 e. The van der Waals surface area contributed by atoms with Gasteiger partial charge in [-0.05, 0) is 12.8 Å². The Morgan fingerprint density at radius 1 is 1.14 bits per heavy atom. The van der Waals surface area contributed by atoms with Crippen LogP contribution in [0.5, 0.6) is 0 Å². The molecule has 1 aromatic rings. The summed E-state index contributed by atoms with van der Waals surface area (Å²) in [5.41, 5.74) is 0. The van der Waals surface area contributed by atoms with Gasteiger partial charge in [0.05, 0.1) is 0 Å². The van der Waals surface area contributed by atoms with Crippen molar-refractivity contribution < 1.29 is 4.79 Å². The van der Waals surface area contributed by atoms with E-state index >= 15 is 0 Å². The van der Waals surface area contributed by atoms with Gasteiger partial charge in [-0.15, -0.1) is 0 Å². The summed E-state index contributed by atoms with van der Waals surface area (Å²) < 4.78 is 0. The number of rotatable bonds is 7. The largest absolute Gasteiger partial charge is 0.356 e. The van der Waals surface area contributed by atoms with Crippen LogP contribution < -0.4 is 9.80 Å². The van der Waals surface area contributed by atoms with Gasteiger partial charge in [0.25, 0.3) is 0 Å². The zero-order valence-electron chi connectivity index (χ0n) is 13.0. The Morgan fingerprint density at radius 3 is 2.38 bits per heavy atom. The SMILES string of the molecule is CCCN(CCC)c1cc(N2CCN(C=O)CC2)ncn1. The van der Waals surface area contributed by atoms with Crippen molar-refractivity contribution in [2.24, 2.45) is 0 Å². The van der Waals surface area contributed by atoms with Crippen molar-refractivity contribution in [2.75, 3.05) is 49.1 Å². The lowest BCUT2D eigenvalue weighted by Crippen LogP contribution is -2.46. The summed E-state index contributed by atoms with van der Waals surface area (Å²) in [6, 6.07) is 2.07. The first-order chi connectivity index (χ1) is 10.3. The standard InChI is InChI=1S/C15H25N5O/c1-3-5-19(6-4-2)14-11-15(17-12-16-14)20-9-7-18(13-21)8-10-20/h11-13H,3-10H2,1-2H3. The number of amides is 1. The van der Waals surface area contributed by atoms with Gasteiger partial charge in [-0.25, -0.2) is 9.97 Å². The van der Waals surface area contributed by atoms with Crippen LogP contribution in [0.1, 0.15) is 26.7 Å². The Morgan fingerprint density at radius 2 is 1.81 bits per heavy atom. The van der Waals surface area contributed by atoms with Crippen LogP contribution in [0.15, 0.2) is 12.4 Å². The molecule has 0 N–H and O–H groups in total. The van der Waals surface area contributed by atoms with Crippen molar-refractivity contribution in [1.29, 1.82) is 0 Å². The van der Waals surface area contributed by atoms with Crippen molar-refractivity contribution in [3.63, 3.8) is 0 Å². The second-order valence-electron chi connectivity index (χ2n) is 5.35. The van der Waals surface area contributed by atoms with Crippen molar-refractivity contribution in [2.45, 2.75) is 26.7 Å². The minimum Gasteiger partial charge on any atom is -0.356 e. The van der Waals surface area contributed by atoms with E-state index in [1.165, 1.54) is 0 Å². The van der Waals surface area contributed by atoms with E-state index in [-0.39, 0.29) is 0 Å². The molecule has 0 aliphatic carbocycles. The molecule has 1 saturated heterocycles. The van der Waals surface area contributed by atoms with Crippen LogP contribution in [-0.4, -0.2) is 60.5 Å². The Bertz CT molecular complexity index is 439. The van der Waals surface area contributed by atoms with Crippen LogP contribution in [0.4, 0.5) is 11.6 Å². The molecule has 1 amide bonds. The van der Waals surface area contributed by atoms with E-state index in [2.05, 4.69) is 39.7 Å². The zero-order valence-corrected chi connectivity index (χ0v) is 13.0. The van der Waals surface area contributed by atoms with Crippen LogP contribution in [0.2, 0.25) is 0 Å². The number of hydrogen-bond donors (Lipinski definition) is 0. The summed E-state index contributed by atoms with van der Waals surface area (Å²) in [5, 5.41) is 0. The normalized spacial score (nSPS) is 15.1. The molecule has 0 unspecified atom stereocenters. The Hall–Kier alpha value is -1.85. The third-order valence-corrected chi connectivity index (χ3v) is 3.74. The van der Waals surface area contributed by atoms with Gasteiger partial charge in [0, 0.05) is 45.3 Å². The molecule has 116 valence electrons. The quantitative estimate of drug-likeness (QED) is 0.710. The third-order valence-electron chi connectivity index (χ3n) is 3.74. The molecule has 6 nitrogen and oxygen atoms in total. The van der Waals surface area contributed by atoms with E-state index in [0.717, 1.165) is 70.2 Å². The average molecular weight is 291 g/mol. The molecule has 21 heavy (non-hydrogen) atoms. The summed E-state index contributed by atoms with van der Waals surface area (Å²) in [6.07, 6.45) is 4.79. The second kappa shape index (κ2) is 7.81. The maximum atomic E-state index is 10.8. The summed E-state index contributed by atoms with van der Waals surface area (Å²) >= 11 is 0. The molecule has 1 fully saturated rings. The fourth-order valence-electron chi connectivity index (χ4n) is 2.62. The Kier molecular flexibility index (Phi) is 5.78. The molecule has 0 radical (unpaired) electrons. The number of anilines is 2. The lowest BCUT2D eigenvalue weighted by atomic mass is 10.3. The summed E-state index contributed by atoms with van der Waals surface area (Å²) in [4.78, 5) is 25.9. The van der Waals surface area contributed by atoms with Gasteiger partial charge in [-0.2, -0.15) is 0 Å². The number of aromatic nitrogens is 2. The summed E-state index contributed by atoms with van der Waals surface area (Å²) in [6.45, 7) is 9.58. The van der Waals surface area contributed by atoms with E-state index < -0.39 is 0 Å². The van der Waals surface area contributed by atoms with Crippen LogP contribution in [0.3, 0.4) is 0 Å². The van der Waals surface area contributed by atoms with Gasteiger partial charge in [-0.3, -0.25) is 4.79 Å². The minimum absolute atomic E-state index is 0.760. The molecule has 2 rings (SSSR count). The lowest BCUT2D eigenvalue weighted by molar-refractivity contribution is -0.118. The summed E-state index contributed by atoms with van der Waals surface area (Å²) in [7, 11) is 0. The predicted octanol–water partition coefficient (Wildman–Crippen LogP) is 1.38. The monoisotopic (exact) mass is 291 g/mol. The van der Waals surface area contributed by atoms with Gasteiger partial charge < -0.3 is 14.7 Å². The van der Waals surface area contributed by atoms with Gasteiger partial charge in [-0.1, -0.05) is 13.8 Å². The average Bonchev–Trinajstić information content (AvgIpc) is 2.55. The highest BCUT2D eigenvalue weighted by Crippen LogP contribution is 2.19. The molecule has 0 saturated carbocycles. The van der Waals surface area contributed by atoms with E-state index in [1.54, 1.807) is 11.2 Å². The molecule has 0 bridgehead atoms. The van der Waals surface area contributed by atoms with E-state index in [9.17, 15) is 4.79 Å². The van der Waals surface area contributed by atoms with Crippen molar-refractivity contribution in [3.8, 4) is 0 Å². The van der Waals surface area contributed by atoms with Gasteiger partial charge >= 0.3 is 0 Å². The molecule has 0 atom stereocenters. The number of piperazine rings is 1. The zero-order chi connectivity index (χ0) is 15.1. The van der Waals surface area contributed by atoms with E-state index in [1.807, 2.05) is 0 Å². The fourth-order valence-corrected chi connectivity index (χ4v) is 2.62. The highest BCUT2D eigenvalue weighted by atomic mass is 16.1. The van der Waals surface area contributed by atoms with Crippen molar-refractivity contribution in [3.05, 3.63) is 12.4 Å². The highest BCUT2D eigenvalue weighted by molar-refractivity contribution is 5.52. The molecule has 0 spiro atoms. The molecule has 6 heteroatoms. The topological polar surface area (TPSA) is 52.6 Å². The molecule has 1 aliphatic heterocycles. The first-order valence-electron chi connectivity index (χ1n) is 7.79. The Labute approximate surface area is 126 Å². The number of carbonyl (C=O) groups excluding carboxylic acids is 1. The smallest absolute Gasteiger partial charge is 0.209 e. The Balaban J connectivity index is 2.08.